The average molecular weight is 657 g/mol. The number of ether oxygens (including phenoxy) is 3. The second kappa shape index (κ2) is 14.2. The van der Waals surface area contributed by atoms with Crippen molar-refractivity contribution < 1.29 is 49.3 Å². The minimum absolute atomic E-state index is 0.247. The summed E-state index contributed by atoms with van der Waals surface area (Å²) < 4.78 is 124. The Bertz CT molecular complexity index is 1450. The molecule has 0 aromatic heterocycles. The van der Waals surface area contributed by atoms with Crippen LogP contribution in [0.1, 0.15) is 75.3 Å². The summed E-state index contributed by atoms with van der Waals surface area (Å²) in [6.07, 6.45) is -4.05. The van der Waals surface area contributed by atoms with E-state index in [1.54, 1.807) is 0 Å². The summed E-state index contributed by atoms with van der Waals surface area (Å²) in [7, 11) is 0. The maximum absolute atomic E-state index is 14.9. The molecule has 46 heavy (non-hydrogen) atoms. The molecule has 1 heterocycles. The van der Waals surface area contributed by atoms with Gasteiger partial charge < -0.3 is 14.2 Å². The van der Waals surface area contributed by atoms with E-state index in [1.165, 1.54) is 30.9 Å². The van der Waals surface area contributed by atoms with Gasteiger partial charge in [-0.2, -0.15) is 26.3 Å². The predicted molar refractivity (Wildman–Crippen MR) is 156 cm³/mol. The lowest BCUT2D eigenvalue weighted by Crippen LogP contribution is -2.33. The van der Waals surface area contributed by atoms with Crippen molar-refractivity contribution in [2.75, 3.05) is 6.61 Å². The minimum atomic E-state index is -5.00. The molecule has 3 aromatic rings. The van der Waals surface area contributed by atoms with Crippen molar-refractivity contribution in [2.24, 2.45) is 11.8 Å². The van der Waals surface area contributed by atoms with Gasteiger partial charge in [0, 0.05) is 12.7 Å². The molecule has 5 rings (SSSR count). The monoisotopic (exact) mass is 656 g/mol. The third-order valence-electron chi connectivity index (χ3n) is 9.05. The van der Waals surface area contributed by atoms with Crippen LogP contribution in [0, 0.1) is 23.5 Å². The maximum Gasteiger partial charge on any atom is 0.461 e. The Morgan fingerprint density at radius 3 is 2.07 bits per heavy atom. The van der Waals surface area contributed by atoms with E-state index in [1.807, 2.05) is 24.3 Å². The van der Waals surface area contributed by atoms with Gasteiger partial charge in [0.2, 0.25) is 0 Å². The van der Waals surface area contributed by atoms with Crippen LogP contribution in [0.5, 0.6) is 11.5 Å². The lowest BCUT2D eigenvalue weighted by molar-refractivity contribution is -0.254. The molecule has 0 amide bonds. The molecule has 1 saturated carbocycles. The first-order valence-electron chi connectivity index (χ1n) is 15.6. The Balaban J connectivity index is 1.18. The summed E-state index contributed by atoms with van der Waals surface area (Å²) in [5, 5.41) is 0. The molecule has 2 fully saturated rings. The lowest BCUT2D eigenvalue weighted by Gasteiger charge is -2.38. The van der Waals surface area contributed by atoms with Crippen LogP contribution in [0.4, 0.5) is 35.1 Å². The predicted octanol–water partition coefficient (Wildman–Crippen LogP) is 10.9. The zero-order valence-electron chi connectivity index (χ0n) is 25.3. The summed E-state index contributed by atoms with van der Waals surface area (Å²) in [4.78, 5) is 0. The van der Waals surface area contributed by atoms with Gasteiger partial charge in [0.25, 0.3) is 0 Å². The fourth-order valence-corrected chi connectivity index (χ4v) is 6.56. The van der Waals surface area contributed by atoms with Crippen LogP contribution in [-0.4, -0.2) is 25.2 Å². The number of hydrogen-bond donors (Lipinski definition) is 0. The van der Waals surface area contributed by atoms with E-state index in [2.05, 4.69) is 16.4 Å². The molecule has 1 aliphatic carbocycles. The highest BCUT2D eigenvalue weighted by Gasteiger charge is 2.45. The molecule has 1 saturated heterocycles. The lowest BCUT2D eigenvalue weighted by atomic mass is 9.75. The van der Waals surface area contributed by atoms with Gasteiger partial charge in [0.05, 0.1) is 11.7 Å². The van der Waals surface area contributed by atoms with Gasteiger partial charge in [-0.3, -0.25) is 0 Å². The minimum Gasteiger partial charge on any atom is -0.429 e. The molecule has 0 radical (unpaired) electrons. The van der Waals surface area contributed by atoms with E-state index in [0.29, 0.717) is 47.1 Å². The molecular weight excluding hydrogens is 620 g/mol. The fourth-order valence-electron chi connectivity index (χ4n) is 6.56. The van der Waals surface area contributed by atoms with E-state index in [4.69, 9.17) is 4.74 Å². The average Bonchev–Trinajstić information content (AvgIpc) is 3.03. The summed E-state index contributed by atoms with van der Waals surface area (Å²) in [5.74, 6) is -3.43. The molecule has 11 heteroatoms. The largest absolute Gasteiger partial charge is 0.461 e. The summed E-state index contributed by atoms with van der Waals surface area (Å²) >= 11 is 0. The third-order valence-corrected chi connectivity index (χ3v) is 9.05. The Labute approximate surface area is 262 Å². The van der Waals surface area contributed by atoms with E-state index in [-0.39, 0.29) is 6.07 Å². The number of halogens is 8. The Morgan fingerprint density at radius 2 is 1.48 bits per heavy atom. The third kappa shape index (κ3) is 7.96. The van der Waals surface area contributed by atoms with Crippen LogP contribution in [0.15, 0.2) is 60.7 Å². The van der Waals surface area contributed by atoms with Crippen molar-refractivity contribution in [2.45, 2.75) is 89.0 Å². The van der Waals surface area contributed by atoms with Gasteiger partial charge in [-0.25, -0.2) is 8.78 Å². The molecule has 2 aliphatic rings. The SMILES string of the molecule is CCCC1CCC(C2CCC(c3ccc(-c4ccc(C(F)(F)Oc5ccc(OC(F)(F)C(F)F)c(F)c5)c(F)c4)cc3)CC2)OC1. The zero-order valence-corrected chi connectivity index (χ0v) is 25.3. The molecular formula is C35H36F8O3. The Morgan fingerprint density at radius 1 is 0.783 bits per heavy atom. The van der Waals surface area contributed by atoms with Gasteiger partial charge in [0.15, 0.2) is 11.6 Å². The van der Waals surface area contributed by atoms with E-state index in [0.717, 1.165) is 50.8 Å². The first-order valence-corrected chi connectivity index (χ1v) is 15.6. The highest BCUT2D eigenvalue weighted by atomic mass is 19.3. The molecule has 3 nitrogen and oxygen atoms in total. The normalized spacial score (nSPS) is 22.6. The smallest absolute Gasteiger partial charge is 0.429 e. The van der Waals surface area contributed by atoms with Crippen LogP contribution < -0.4 is 9.47 Å². The molecule has 0 bridgehead atoms. The van der Waals surface area contributed by atoms with Gasteiger partial charge >= 0.3 is 18.6 Å². The molecule has 250 valence electrons. The molecule has 3 aromatic carbocycles. The highest BCUT2D eigenvalue weighted by Crippen LogP contribution is 2.41. The molecule has 2 atom stereocenters. The van der Waals surface area contributed by atoms with Gasteiger partial charge in [-0.15, -0.1) is 0 Å². The Hall–Kier alpha value is -3.34. The first-order chi connectivity index (χ1) is 21.9. The van der Waals surface area contributed by atoms with Crippen LogP contribution in [0.3, 0.4) is 0 Å². The maximum atomic E-state index is 14.9. The number of hydrogen-bond acceptors (Lipinski definition) is 3. The summed E-state index contributed by atoms with van der Waals surface area (Å²) in [5.41, 5.74) is 1.02. The molecule has 1 aliphatic heterocycles. The fraction of sp³-hybridized carbons (Fsp3) is 0.486. The van der Waals surface area contributed by atoms with Crippen molar-refractivity contribution in [3.63, 3.8) is 0 Å². The number of rotatable bonds is 11. The highest BCUT2D eigenvalue weighted by molar-refractivity contribution is 5.64. The van der Waals surface area contributed by atoms with Gasteiger partial charge in [0.1, 0.15) is 11.6 Å². The summed E-state index contributed by atoms with van der Waals surface area (Å²) in [6.45, 7) is 3.08. The van der Waals surface area contributed by atoms with Gasteiger partial charge in [-0.1, -0.05) is 43.7 Å². The topological polar surface area (TPSA) is 27.7 Å². The molecule has 0 N–H and O–H groups in total. The number of alkyl halides is 6. The van der Waals surface area contributed by atoms with E-state index < -0.39 is 47.3 Å². The second-order valence-corrected chi connectivity index (χ2v) is 12.2. The van der Waals surface area contributed by atoms with Crippen molar-refractivity contribution in [1.29, 1.82) is 0 Å². The standard InChI is InChI=1S/C35H36F8O3/c1-2-3-21-4-16-31(44-20-21)25-11-9-23(10-12-25)22-5-7-24(8-6-22)26-13-15-28(29(36)18-26)34(40,41)45-27-14-17-32(30(37)19-27)46-35(42,43)33(38)39/h5-8,13-15,17-19,21,23,25,31,33H,2-4,9-12,16,20H2,1H3. The van der Waals surface area contributed by atoms with Crippen molar-refractivity contribution in [3.05, 3.63) is 83.4 Å². The quantitative estimate of drug-likeness (QED) is 0.192. The zero-order chi connectivity index (χ0) is 33.1. The molecule has 2 unspecified atom stereocenters. The summed E-state index contributed by atoms with van der Waals surface area (Å²) in [6, 6.07) is 12.0. The van der Waals surface area contributed by atoms with E-state index >= 15 is 0 Å². The van der Waals surface area contributed by atoms with Crippen molar-refractivity contribution in [3.8, 4) is 22.6 Å². The second-order valence-electron chi connectivity index (χ2n) is 12.2. The van der Waals surface area contributed by atoms with Gasteiger partial charge in [-0.05, 0) is 104 Å². The first kappa shape index (κ1) is 34.0. The van der Waals surface area contributed by atoms with Crippen molar-refractivity contribution >= 4 is 0 Å². The number of benzene rings is 3. The van der Waals surface area contributed by atoms with Crippen LogP contribution in [-0.2, 0) is 10.8 Å². The Kier molecular flexibility index (Phi) is 10.5. The van der Waals surface area contributed by atoms with Crippen LogP contribution in [0.2, 0.25) is 0 Å². The van der Waals surface area contributed by atoms with Crippen LogP contribution in [0.25, 0.3) is 11.1 Å². The van der Waals surface area contributed by atoms with Crippen LogP contribution >= 0.6 is 0 Å². The van der Waals surface area contributed by atoms with Crippen molar-refractivity contribution in [1.82, 2.24) is 0 Å². The van der Waals surface area contributed by atoms with E-state index in [9.17, 15) is 35.1 Å². The molecule has 0 spiro atoms.